The number of anilines is 1. The molecule has 2 aromatic carbocycles. The van der Waals surface area contributed by atoms with Crippen LogP contribution in [-0.4, -0.2) is 56.6 Å². The first-order valence-corrected chi connectivity index (χ1v) is 11.9. The Hall–Kier alpha value is -2.71. The molecule has 31 heavy (non-hydrogen) atoms. The van der Waals surface area contributed by atoms with Crippen molar-refractivity contribution >= 4 is 27.5 Å². The van der Waals surface area contributed by atoms with Crippen LogP contribution < -0.4 is 5.32 Å². The van der Waals surface area contributed by atoms with Crippen LogP contribution >= 0.6 is 0 Å². The highest BCUT2D eigenvalue weighted by Crippen LogP contribution is 2.21. The van der Waals surface area contributed by atoms with Gasteiger partial charge in [0.05, 0.1) is 4.90 Å². The minimum Gasteiger partial charge on any atom is -0.345 e. The Morgan fingerprint density at radius 3 is 2.32 bits per heavy atom. The molecule has 2 amide bonds. The van der Waals surface area contributed by atoms with E-state index in [9.17, 15) is 18.0 Å². The number of aryl methyl sites for hydroxylation is 1. The van der Waals surface area contributed by atoms with Crippen LogP contribution in [-0.2, 0) is 21.2 Å². The molecule has 0 saturated carbocycles. The number of amides is 2. The van der Waals surface area contributed by atoms with Crippen molar-refractivity contribution in [2.75, 3.05) is 32.5 Å². The molecule has 1 aliphatic heterocycles. The van der Waals surface area contributed by atoms with Gasteiger partial charge in [-0.2, -0.15) is 4.31 Å². The van der Waals surface area contributed by atoms with Crippen molar-refractivity contribution < 1.29 is 18.0 Å². The summed E-state index contributed by atoms with van der Waals surface area (Å²) >= 11 is 0. The molecule has 0 bridgehead atoms. The highest BCUT2D eigenvalue weighted by molar-refractivity contribution is 7.89. The molecule has 1 heterocycles. The number of nitrogens with one attached hydrogen (secondary N) is 1. The molecule has 0 aliphatic carbocycles. The van der Waals surface area contributed by atoms with Crippen molar-refractivity contribution in [3.05, 3.63) is 59.7 Å². The van der Waals surface area contributed by atoms with Gasteiger partial charge in [-0.05, 0) is 55.2 Å². The monoisotopic (exact) mass is 443 g/mol. The molecule has 0 spiro atoms. The average molecular weight is 444 g/mol. The highest BCUT2D eigenvalue weighted by atomic mass is 32.2. The summed E-state index contributed by atoms with van der Waals surface area (Å²) < 4.78 is 27.0. The maximum absolute atomic E-state index is 12.7. The number of piperidine rings is 1. The molecule has 2 aromatic rings. The number of carbonyl (C=O) groups is 2. The fourth-order valence-corrected chi connectivity index (χ4v) is 5.07. The van der Waals surface area contributed by atoms with Crippen molar-refractivity contribution in [2.24, 2.45) is 0 Å². The Morgan fingerprint density at radius 1 is 1.00 bits per heavy atom. The summed E-state index contributed by atoms with van der Waals surface area (Å²) in [4.78, 5) is 26.2. The molecule has 1 aliphatic rings. The van der Waals surface area contributed by atoms with Crippen LogP contribution in [0.15, 0.2) is 53.4 Å². The largest absolute Gasteiger partial charge is 0.345 e. The molecule has 0 atom stereocenters. The van der Waals surface area contributed by atoms with Crippen LogP contribution in [0.4, 0.5) is 5.69 Å². The fourth-order valence-electron chi connectivity index (χ4n) is 3.55. The second-order valence-electron chi connectivity index (χ2n) is 7.94. The van der Waals surface area contributed by atoms with Crippen molar-refractivity contribution in [3.8, 4) is 0 Å². The number of benzene rings is 2. The van der Waals surface area contributed by atoms with Gasteiger partial charge in [-0.3, -0.25) is 9.59 Å². The predicted molar refractivity (Wildman–Crippen MR) is 120 cm³/mol. The Morgan fingerprint density at radius 2 is 1.68 bits per heavy atom. The Balaban J connectivity index is 1.56. The zero-order valence-corrected chi connectivity index (χ0v) is 18.8. The summed E-state index contributed by atoms with van der Waals surface area (Å²) in [5.74, 6) is -0.296. The van der Waals surface area contributed by atoms with Crippen molar-refractivity contribution in [2.45, 2.75) is 37.0 Å². The Kier molecular flexibility index (Phi) is 7.46. The van der Waals surface area contributed by atoms with Crippen LogP contribution in [0.2, 0.25) is 0 Å². The van der Waals surface area contributed by atoms with Gasteiger partial charge in [0.25, 0.3) is 5.91 Å². The number of rotatable bonds is 7. The van der Waals surface area contributed by atoms with E-state index in [0.29, 0.717) is 35.7 Å². The van der Waals surface area contributed by atoms with Gasteiger partial charge < -0.3 is 10.2 Å². The standard InChI is InChI=1S/C23H29N3O4S/c1-25(2)23(28)19-7-6-8-20(17-19)24-22(27)14-11-18-9-12-21(13-10-18)31(29,30)26-15-4-3-5-16-26/h6-10,12-13,17H,3-5,11,14-16H2,1-2H3,(H,24,27). The third kappa shape index (κ3) is 5.92. The number of hydrogen-bond donors (Lipinski definition) is 1. The summed E-state index contributed by atoms with van der Waals surface area (Å²) in [6.07, 6.45) is 3.62. The third-order valence-corrected chi connectivity index (χ3v) is 7.23. The van der Waals surface area contributed by atoms with Crippen LogP contribution in [0.1, 0.15) is 41.6 Å². The Labute approximate surface area is 184 Å². The van der Waals surface area contributed by atoms with Gasteiger partial charge in [-0.15, -0.1) is 0 Å². The van der Waals surface area contributed by atoms with Gasteiger partial charge in [0.1, 0.15) is 0 Å². The van der Waals surface area contributed by atoms with E-state index < -0.39 is 10.0 Å². The lowest BCUT2D eigenvalue weighted by atomic mass is 10.1. The first-order valence-electron chi connectivity index (χ1n) is 10.5. The van der Waals surface area contributed by atoms with E-state index in [1.807, 2.05) is 0 Å². The second-order valence-corrected chi connectivity index (χ2v) is 9.88. The molecule has 1 N–H and O–H groups in total. The van der Waals surface area contributed by atoms with E-state index >= 15 is 0 Å². The Bertz CT molecular complexity index is 1030. The minimum atomic E-state index is -3.45. The van der Waals surface area contributed by atoms with Crippen LogP contribution in [0.25, 0.3) is 0 Å². The predicted octanol–water partition coefficient (Wildman–Crippen LogP) is 3.13. The molecule has 1 fully saturated rings. The molecule has 0 radical (unpaired) electrons. The molecule has 0 unspecified atom stereocenters. The minimum absolute atomic E-state index is 0.129. The van der Waals surface area contributed by atoms with Gasteiger partial charge in [0.15, 0.2) is 0 Å². The first-order chi connectivity index (χ1) is 14.8. The van der Waals surface area contributed by atoms with Gasteiger partial charge in [0, 0.05) is 44.9 Å². The summed E-state index contributed by atoms with van der Waals surface area (Å²) in [7, 11) is -0.0906. The third-order valence-electron chi connectivity index (χ3n) is 5.32. The summed E-state index contributed by atoms with van der Waals surface area (Å²) in [5.41, 5.74) is 1.97. The van der Waals surface area contributed by atoms with Crippen LogP contribution in [0, 0.1) is 0 Å². The van der Waals surface area contributed by atoms with Crippen molar-refractivity contribution in [1.82, 2.24) is 9.21 Å². The number of sulfonamides is 1. The molecule has 1 saturated heterocycles. The molecule has 7 nitrogen and oxygen atoms in total. The highest BCUT2D eigenvalue weighted by Gasteiger charge is 2.25. The SMILES string of the molecule is CN(C)C(=O)c1cccc(NC(=O)CCc2ccc(S(=O)(=O)N3CCCCC3)cc2)c1. The quantitative estimate of drug-likeness (QED) is 0.712. The normalized spacial score (nSPS) is 14.8. The molecule has 0 aromatic heterocycles. The smallest absolute Gasteiger partial charge is 0.253 e. The second kappa shape index (κ2) is 10.1. The zero-order valence-electron chi connectivity index (χ0n) is 18.0. The zero-order chi connectivity index (χ0) is 22.4. The molecule has 8 heteroatoms. The number of nitrogens with zero attached hydrogens (tertiary/aromatic N) is 2. The first kappa shape index (κ1) is 23.0. The van der Waals surface area contributed by atoms with Gasteiger partial charge in [0.2, 0.25) is 15.9 Å². The molecular formula is C23H29N3O4S. The number of hydrogen-bond acceptors (Lipinski definition) is 4. The van der Waals surface area contributed by atoms with Gasteiger partial charge >= 0.3 is 0 Å². The summed E-state index contributed by atoms with van der Waals surface area (Å²) in [6.45, 7) is 1.15. The van der Waals surface area contributed by atoms with E-state index in [1.54, 1.807) is 66.9 Å². The van der Waals surface area contributed by atoms with E-state index in [0.717, 1.165) is 24.8 Å². The molecule has 166 valence electrons. The summed E-state index contributed by atoms with van der Waals surface area (Å²) in [6, 6.07) is 13.6. The average Bonchev–Trinajstić information content (AvgIpc) is 2.78. The van der Waals surface area contributed by atoms with Crippen molar-refractivity contribution in [3.63, 3.8) is 0 Å². The van der Waals surface area contributed by atoms with Gasteiger partial charge in [-0.25, -0.2) is 8.42 Å². The van der Waals surface area contributed by atoms with Crippen molar-refractivity contribution in [1.29, 1.82) is 0 Å². The lowest BCUT2D eigenvalue weighted by Gasteiger charge is -2.25. The molecule has 3 rings (SSSR count). The lowest BCUT2D eigenvalue weighted by Crippen LogP contribution is -2.35. The topological polar surface area (TPSA) is 86.8 Å². The van der Waals surface area contributed by atoms with Gasteiger partial charge in [-0.1, -0.05) is 24.6 Å². The van der Waals surface area contributed by atoms with E-state index in [1.165, 1.54) is 4.90 Å². The van der Waals surface area contributed by atoms with E-state index in [2.05, 4.69) is 5.32 Å². The molecular weight excluding hydrogens is 414 g/mol. The van der Waals surface area contributed by atoms with E-state index in [-0.39, 0.29) is 18.2 Å². The van der Waals surface area contributed by atoms with E-state index in [4.69, 9.17) is 0 Å². The maximum atomic E-state index is 12.7. The van der Waals surface area contributed by atoms with Crippen LogP contribution in [0.3, 0.4) is 0 Å². The number of carbonyl (C=O) groups excluding carboxylic acids is 2. The lowest BCUT2D eigenvalue weighted by molar-refractivity contribution is -0.116. The fraction of sp³-hybridized carbons (Fsp3) is 0.391. The van der Waals surface area contributed by atoms with Crippen LogP contribution in [0.5, 0.6) is 0 Å². The maximum Gasteiger partial charge on any atom is 0.253 e. The summed E-state index contributed by atoms with van der Waals surface area (Å²) in [5, 5.41) is 2.81.